The Labute approximate surface area is 147 Å². The summed E-state index contributed by atoms with van der Waals surface area (Å²) in [5.74, 6) is 7.07. The van der Waals surface area contributed by atoms with E-state index in [9.17, 15) is 5.11 Å². The summed E-state index contributed by atoms with van der Waals surface area (Å²) in [6.45, 7) is 3.47. The number of hydrogen-bond donors (Lipinski definition) is 2. The lowest BCUT2D eigenvalue weighted by molar-refractivity contribution is -0.897. The minimum atomic E-state index is -0.772. The van der Waals surface area contributed by atoms with Gasteiger partial charge in [-0.1, -0.05) is 55.5 Å². The number of nitrogens with one attached hydrogen (secondary N) is 1. The normalized spacial score (nSPS) is 22.4. The van der Waals surface area contributed by atoms with Gasteiger partial charge in [-0.3, -0.25) is 0 Å². The summed E-state index contributed by atoms with van der Waals surface area (Å²) in [7, 11) is 0. The molecule has 1 saturated heterocycles. The molecule has 1 aliphatic heterocycles. The van der Waals surface area contributed by atoms with Crippen molar-refractivity contribution in [2.24, 2.45) is 5.92 Å². The first-order chi connectivity index (χ1) is 11.8. The van der Waals surface area contributed by atoms with Gasteiger partial charge in [0, 0.05) is 6.42 Å². The van der Waals surface area contributed by atoms with E-state index in [0.29, 0.717) is 12.3 Å². The third kappa shape index (κ3) is 4.41. The summed E-state index contributed by atoms with van der Waals surface area (Å²) in [6, 6.07) is 10.2. The summed E-state index contributed by atoms with van der Waals surface area (Å²) in [6.07, 6.45) is 10.7. The van der Waals surface area contributed by atoms with Crippen LogP contribution >= 0.6 is 0 Å². The Morgan fingerprint density at radius 1 is 0.917 bits per heavy atom. The molecule has 0 bridgehead atoms. The topological polar surface area (TPSA) is 24.7 Å². The van der Waals surface area contributed by atoms with Crippen LogP contribution in [0.2, 0.25) is 0 Å². The number of likely N-dealkylation sites (tertiary alicyclic amines) is 1. The Morgan fingerprint density at radius 3 is 2.29 bits per heavy atom. The SMILES string of the molecule is O[C@](CC#CC[NH+]1CCCCC1)(c1ccccc1)C1CCCCC1. The lowest BCUT2D eigenvalue weighted by Gasteiger charge is -2.38. The van der Waals surface area contributed by atoms with E-state index in [2.05, 4.69) is 24.0 Å². The lowest BCUT2D eigenvalue weighted by Crippen LogP contribution is -3.12. The van der Waals surface area contributed by atoms with Crippen LogP contribution in [-0.4, -0.2) is 24.7 Å². The van der Waals surface area contributed by atoms with Crippen molar-refractivity contribution in [1.82, 2.24) is 0 Å². The molecule has 2 aliphatic rings. The number of piperidine rings is 1. The van der Waals surface area contributed by atoms with Gasteiger partial charge in [-0.2, -0.15) is 0 Å². The van der Waals surface area contributed by atoms with Crippen molar-refractivity contribution in [3.63, 3.8) is 0 Å². The Balaban J connectivity index is 1.68. The average Bonchev–Trinajstić information content (AvgIpc) is 2.67. The third-order valence-electron chi connectivity index (χ3n) is 5.94. The number of aliphatic hydroxyl groups is 1. The molecule has 24 heavy (non-hydrogen) atoms. The highest BCUT2D eigenvalue weighted by Crippen LogP contribution is 2.41. The highest BCUT2D eigenvalue weighted by atomic mass is 16.3. The zero-order valence-electron chi connectivity index (χ0n) is 14.9. The Hall–Kier alpha value is -1.30. The molecule has 1 aliphatic carbocycles. The van der Waals surface area contributed by atoms with E-state index in [1.165, 1.54) is 51.6 Å². The van der Waals surface area contributed by atoms with Crippen molar-refractivity contribution in [3.8, 4) is 11.8 Å². The van der Waals surface area contributed by atoms with Crippen molar-refractivity contribution >= 4 is 0 Å². The van der Waals surface area contributed by atoms with E-state index < -0.39 is 5.60 Å². The van der Waals surface area contributed by atoms with Gasteiger partial charge in [-0.25, -0.2) is 0 Å². The number of quaternary nitrogens is 1. The van der Waals surface area contributed by atoms with E-state index in [-0.39, 0.29) is 0 Å². The summed E-state index contributed by atoms with van der Waals surface area (Å²) < 4.78 is 0. The van der Waals surface area contributed by atoms with Crippen LogP contribution in [0, 0.1) is 17.8 Å². The third-order valence-corrected chi connectivity index (χ3v) is 5.94. The Bertz CT molecular complexity index is 546. The van der Waals surface area contributed by atoms with E-state index in [4.69, 9.17) is 0 Å². The van der Waals surface area contributed by atoms with Crippen molar-refractivity contribution < 1.29 is 10.0 Å². The lowest BCUT2D eigenvalue weighted by atomic mass is 9.72. The Kier molecular flexibility index (Phi) is 6.35. The molecule has 1 aromatic rings. The standard InChI is InChI=1S/C22H31NO/c24-22(20-12-4-1-5-13-20,21-14-6-2-7-15-21)16-8-11-19-23-17-9-3-10-18-23/h1,4-5,12-13,21,24H,2-3,6-7,9-10,14-19H2/p+1/t22-/m1/s1. The largest absolute Gasteiger partial charge is 0.384 e. The van der Waals surface area contributed by atoms with Gasteiger partial charge in [0.05, 0.1) is 13.1 Å². The van der Waals surface area contributed by atoms with Gasteiger partial charge < -0.3 is 10.0 Å². The van der Waals surface area contributed by atoms with Crippen molar-refractivity contribution in [1.29, 1.82) is 0 Å². The van der Waals surface area contributed by atoms with Gasteiger partial charge in [0.15, 0.2) is 0 Å². The van der Waals surface area contributed by atoms with E-state index in [0.717, 1.165) is 24.9 Å². The molecule has 2 nitrogen and oxygen atoms in total. The van der Waals surface area contributed by atoms with Crippen LogP contribution in [0.3, 0.4) is 0 Å². The van der Waals surface area contributed by atoms with Gasteiger partial charge >= 0.3 is 0 Å². The molecular formula is C22H32NO+. The van der Waals surface area contributed by atoms with Crippen LogP contribution in [-0.2, 0) is 5.60 Å². The summed E-state index contributed by atoms with van der Waals surface area (Å²) in [5, 5.41) is 11.5. The van der Waals surface area contributed by atoms with Crippen molar-refractivity contribution in [2.75, 3.05) is 19.6 Å². The first kappa shape index (κ1) is 17.5. The van der Waals surface area contributed by atoms with Gasteiger partial charge in [0.1, 0.15) is 12.1 Å². The van der Waals surface area contributed by atoms with Crippen LogP contribution in [0.1, 0.15) is 63.4 Å². The molecule has 0 radical (unpaired) electrons. The fourth-order valence-electron chi connectivity index (χ4n) is 4.40. The number of benzene rings is 1. The Morgan fingerprint density at radius 2 is 1.58 bits per heavy atom. The van der Waals surface area contributed by atoms with E-state index in [1.807, 2.05) is 18.2 Å². The van der Waals surface area contributed by atoms with Gasteiger partial charge in [0.25, 0.3) is 0 Å². The van der Waals surface area contributed by atoms with Crippen LogP contribution in [0.4, 0.5) is 0 Å². The maximum Gasteiger partial charge on any atom is 0.139 e. The fourth-order valence-corrected chi connectivity index (χ4v) is 4.40. The summed E-state index contributed by atoms with van der Waals surface area (Å²) >= 11 is 0. The van der Waals surface area contributed by atoms with Crippen LogP contribution in [0.25, 0.3) is 0 Å². The minimum absolute atomic E-state index is 0.352. The predicted molar refractivity (Wildman–Crippen MR) is 98.7 cm³/mol. The average molecular weight is 327 g/mol. The van der Waals surface area contributed by atoms with Crippen molar-refractivity contribution in [2.45, 2.75) is 63.4 Å². The fraction of sp³-hybridized carbons (Fsp3) is 0.636. The second kappa shape index (κ2) is 8.70. The van der Waals surface area contributed by atoms with Gasteiger partial charge in [-0.05, 0) is 49.5 Å². The molecule has 130 valence electrons. The van der Waals surface area contributed by atoms with Crippen LogP contribution < -0.4 is 4.90 Å². The van der Waals surface area contributed by atoms with Crippen LogP contribution in [0.5, 0.6) is 0 Å². The molecule has 0 spiro atoms. The van der Waals surface area contributed by atoms with Crippen LogP contribution in [0.15, 0.2) is 30.3 Å². The molecule has 2 N–H and O–H groups in total. The molecule has 0 aromatic heterocycles. The molecule has 1 heterocycles. The van der Waals surface area contributed by atoms with Crippen molar-refractivity contribution in [3.05, 3.63) is 35.9 Å². The molecule has 1 saturated carbocycles. The molecule has 0 amide bonds. The minimum Gasteiger partial charge on any atom is -0.384 e. The first-order valence-electron chi connectivity index (χ1n) is 9.86. The summed E-state index contributed by atoms with van der Waals surface area (Å²) in [4.78, 5) is 1.62. The maximum absolute atomic E-state index is 11.5. The molecular weight excluding hydrogens is 294 g/mol. The highest BCUT2D eigenvalue weighted by molar-refractivity contribution is 5.26. The predicted octanol–water partition coefficient (Wildman–Crippen LogP) is 2.92. The quantitative estimate of drug-likeness (QED) is 0.817. The zero-order valence-corrected chi connectivity index (χ0v) is 14.9. The summed E-state index contributed by atoms with van der Waals surface area (Å²) in [5.41, 5.74) is 0.280. The molecule has 0 unspecified atom stereocenters. The second-order valence-electron chi connectivity index (χ2n) is 7.64. The second-order valence-corrected chi connectivity index (χ2v) is 7.64. The zero-order chi connectivity index (χ0) is 16.7. The number of hydrogen-bond acceptors (Lipinski definition) is 1. The molecule has 2 fully saturated rings. The maximum atomic E-state index is 11.5. The first-order valence-corrected chi connectivity index (χ1v) is 9.86. The van der Waals surface area contributed by atoms with Gasteiger partial charge in [0.2, 0.25) is 0 Å². The van der Waals surface area contributed by atoms with E-state index >= 15 is 0 Å². The molecule has 1 aromatic carbocycles. The molecule has 2 heteroatoms. The molecule has 1 atom stereocenters. The van der Waals surface area contributed by atoms with Gasteiger partial charge in [-0.15, -0.1) is 0 Å². The number of rotatable bonds is 4. The molecule has 3 rings (SSSR count). The monoisotopic (exact) mass is 326 g/mol. The highest BCUT2D eigenvalue weighted by Gasteiger charge is 2.38. The smallest absolute Gasteiger partial charge is 0.139 e. The van der Waals surface area contributed by atoms with E-state index in [1.54, 1.807) is 4.90 Å².